The van der Waals surface area contributed by atoms with Gasteiger partial charge in [0.2, 0.25) is 0 Å². The Morgan fingerprint density at radius 2 is 1.70 bits per heavy atom. The quantitative estimate of drug-likeness (QED) is 0.690. The minimum absolute atomic E-state index is 0.446. The number of hydrogen-bond acceptors (Lipinski definition) is 3. The van der Waals surface area contributed by atoms with Crippen LogP contribution in [-0.2, 0) is 13.0 Å². The Morgan fingerprint density at radius 3 is 2.47 bits per heavy atom. The lowest BCUT2D eigenvalue weighted by molar-refractivity contribution is -0.0313. The fourth-order valence-corrected chi connectivity index (χ4v) is 5.31. The molecule has 2 aliphatic heterocycles. The molecule has 4 rings (SSSR count). The van der Waals surface area contributed by atoms with E-state index in [1.165, 1.54) is 42.7 Å². The predicted octanol–water partition coefficient (Wildman–Crippen LogP) is 4.67. The van der Waals surface area contributed by atoms with Gasteiger partial charge >= 0.3 is 0 Å². The van der Waals surface area contributed by atoms with E-state index in [4.69, 9.17) is 0 Å². The van der Waals surface area contributed by atoms with Gasteiger partial charge in [-0.25, -0.2) is 0 Å². The SMILES string of the molecule is Cc1cccc(CN2CCC(CN3CCC(O)(CCCc4ccccc4)CC3)C2)c1. The first-order valence-electron chi connectivity index (χ1n) is 11.8. The van der Waals surface area contributed by atoms with Crippen molar-refractivity contribution < 1.29 is 5.11 Å². The number of likely N-dealkylation sites (tertiary alicyclic amines) is 2. The summed E-state index contributed by atoms with van der Waals surface area (Å²) in [6.07, 6.45) is 6.26. The first kappa shape index (κ1) is 21.5. The Balaban J connectivity index is 1.16. The van der Waals surface area contributed by atoms with Crippen molar-refractivity contribution in [3.8, 4) is 0 Å². The number of nitrogens with zero attached hydrogens (tertiary/aromatic N) is 2. The van der Waals surface area contributed by atoms with E-state index in [0.29, 0.717) is 0 Å². The zero-order chi connectivity index (χ0) is 20.8. The van der Waals surface area contributed by atoms with Gasteiger partial charge in [-0.2, -0.15) is 0 Å². The van der Waals surface area contributed by atoms with Crippen LogP contribution < -0.4 is 0 Å². The fraction of sp³-hybridized carbons (Fsp3) is 0.556. The van der Waals surface area contributed by atoms with Gasteiger partial charge in [0.25, 0.3) is 0 Å². The fourth-order valence-electron chi connectivity index (χ4n) is 5.31. The summed E-state index contributed by atoms with van der Waals surface area (Å²) < 4.78 is 0. The Labute approximate surface area is 182 Å². The summed E-state index contributed by atoms with van der Waals surface area (Å²) in [4.78, 5) is 5.22. The van der Waals surface area contributed by atoms with Crippen molar-refractivity contribution in [3.63, 3.8) is 0 Å². The Kier molecular flexibility index (Phi) is 7.24. The van der Waals surface area contributed by atoms with Crippen molar-refractivity contribution in [2.75, 3.05) is 32.7 Å². The molecule has 2 saturated heterocycles. The molecule has 3 nitrogen and oxygen atoms in total. The van der Waals surface area contributed by atoms with E-state index >= 15 is 0 Å². The maximum Gasteiger partial charge on any atom is 0.0672 e. The summed E-state index contributed by atoms with van der Waals surface area (Å²) in [6.45, 7) is 8.99. The summed E-state index contributed by atoms with van der Waals surface area (Å²) >= 11 is 0. The number of aryl methyl sites for hydroxylation is 2. The second-order valence-corrected chi connectivity index (χ2v) is 9.74. The Hall–Kier alpha value is -1.68. The van der Waals surface area contributed by atoms with Crippen LogP contribution in [0.4, 0.5) is 0 Å². The number of piperidine rings is 1. The van der Waals surface area contributed by atoms with Crippen molar-refractivity contribution in [1.29, 1.82) is 0 Å². The molecular formula is C27H38N2O. The van der Waals surface area contributed by atoms with Crippen LogP contribution in [0.2, 0.25) is 0 Å². The lowest BCUT2D eigenvalue weighted by Gasteiger charge is -2.39. The first-order valence-corrected chi connectivity index (χ1v) is 11.8. The molecule has 0 aromatic heterocycles. The molecule has 2 fully saturated rings. The molecule has 0 saturated carbocycles. The summed E-state index contributed by atoms with van der Waals surface area (Å²) in [5.74, 6) is 0.777. The number of benzene rings is 2. The van der Waals surface area contributed by atoms with Gasteiger partial charge in [-0.1, -0.05) is 60.2 Å². The zero-order valence-electron chi connectivity index (χ0n) is 18.6. The van der Waals surface area contributed by atoms with Gasteiger partial charge in [0.1, 0.15) is 0 Å². The lowest BCUT2D eigenvalue weighted by atomic mass is 9.85. The second-order valence-electron chi connectivity index (χ2n) is 9.74. The smallest absolute Gasteiger partial charge is 0.0672 e. The van der Waals surface area contributed by atoms with Crippen molar-refractivity contribution in [1.82, 2.24) is 9.80 Å². The van der Waals surface area contributed by atoms with E-state index in [1.807, 2.05) is 0 Å². The van der Waals surface area contributed by atoms with Crippen molar-refractivity contribution in [2.24, 2.45) is 5.92 Å². The highest BCUT2D eigenvalue weighted by atomic mass is 16.3. The van der Waals surface area contributed by atoms with Gasteiger partial charge in [-0.3, -0.25) is 4.90 Å². The lowest BCUT2D eigenvalue weighted by Crippen LogP contribution is -2.46. The van der Waals surface area contributed by atoms with Crippen LogP contribution in [0.5, 0.6) is 0 Å². The molecule has 0 radical (unpaired) electrons. The summed E-state index contributed by atoms with van der Waals surface area (Å²) in [7, 11) is 0. The highest BCUT2D eigenvalue weighted by Crippen LogP contribution is 2.29. The molecule has 0 aliphatic carbocycles. The third-order valence-corrected chi connectivity index (χ3v) is 7.11. The van der Waals surface area contributed by atoms with Gasteiger partial charge in [0.15, 0.2) is 0 Å². The summed E-state index contributed by atoms with van der Waals surface area (Å²) in [6, 6.07) is 19.6. The average Bonchev–Trinajstić information content (AvgIpc) is 3.17. The van der Waals surface area contributed by atoms with Gasteiger partial charge in [0.05, 0.1) is 5.60 Å². The second kappa shape index (κ2) is 10.1. The molecule has 162 valence electrons. The Morgan fingerprint density at radius 1 is 0.933 bits per heavy atom. The van der Waals surface area contributed by atoms with Gasteiger partial charge in [0, 0.05) is 32.7 Å². The molecule has 0 amide bonds. The highest BCUT2D eigenvalue weighted by molar-refractivity contribution is 5.22. The van der Waals surface area contributed by atoms with Gasteiger partial charge < -0.3 is 10.0 Å². The summed E-state index contributed by atoms with van der Waals surface area (Å²) in [5, 5.41) is 11.0. The van der Waals surface area contributed by atoms with Crippen LogP contribution >= 0.6 is 0 Å². The molecule has 3 heteroatoms. The third kappa shape index (κ3) is 6.16. The molecule has 0 bridgehead atoms. The molecule has 1 unspecified atom stereocenters. The molecule has 1 N–H and O–H groups in total. The number of rotatable bonds is 8. The van der Waals surface area contributed by atoms with Gasteiger partial charge in [-0.15, -0.1) is 0 Å². The standard InChI is InChI=1S/C27H38N2O/c1-23-7-5-10-25(19-23)20-29-16-12-26(22-29)21-28-17-14-27(30,15-18-28)13-6-11-24-8-3-2-4-9-24/h2-5,7-10,19,26,30H,6,11-18,20-22H2,1H3. The Bertz CT molecular complexity index is 782. The molecule has 30 heavy (non-hydrogen) atoms. The molecular weight excluding hydrogens is 368 g/mol. The minimum Gasteiger partial charge on any atom is -0.390 e. The van der Waals surface area contributed by atoms with Crippen molar-refractivity contribution in [2.45, 2.75) is 57.6 Å². The number of aliphatic hydroxyl groups is 1. The van der Waals surface area contributed by atoms with E-state index in [1.54, 1.807) is 0 Å². The monoisotopic (exact) mass is 406 g/mol. The van der Waals surface area contributed by atoms with E-state index in [0.717, 1.165) is 57.7 Å². The molecule has 2 aliphatic rings. The molecule has 0 spiro atoms. The van der Waals surface area contributed by atoms with Crippen LogP contribution in [0, 0.1) is 12.8 Å². The van der Waals surface area contributed by atoms with E-state index in [2.05, 4.69) is 71.3 Å². The third-order valence-electron chi connectivity index (χ3n) is 7.11. The topological polar surface area (TPSA) is 26.7 Å². The van der Waals surface area contributed by atoms with Crippen LogP contribution in [0.1, 0.15) is 48.8 Å². The maximum absolute atomic E-state index is 11.0. The van der Waals surface area contributed by atoms with Crippen molar-refractivity contribution >= 4 is 0 Å². The number of hydrogen-bond donors (Lipinski definition) is 1. The largest absolute Gasteiger partial charge is 0.390 e. The van der Waals surface area contributed by atoms with Crippen molar-refractivity contribution in [3.05, 3.63) is 71.3 Å². The highest BCUT2D eigenvalue weighted by Gasteiger charge is 2.33. The first-order chi connectivity index (χ1) is 14.6. The minimum atomic E-state index is -0.446. The molecule has 1 atom stereocenters. The van der Waals surface area contributed by atoms with Crippen LogP contribution in [0.15, 0.2) is 54.6 Å². The normalized spacial score (nSPS) is 22.4. The molecule has 2 aromatic carbocycles. The van der Waals surface area contributed by atoms with E-state index in [-0.39, 0.29) is 0 Å². The van der Waals surface area contributed by atoms with Crippen LogP contribution in [0.3, 0.4) is 0 Å². The molecule has 2 aromatic rings. The maximum atomic E-state index is 11.0. The van der Waals surface area contributed by atoms with Crippen LogP contribution in [0.25, 0.3) is 0 Å². The van der Waals surface area contributed by atoms with Gasteiger partial charge in [-0.05, 0) is 69.0 Å². The molecule has 2 heterocycles. The zero-order valence-corrected chi connectivity index (χ0v) is 18.6. The van der Waals surface area contributed by atoms with E-state index < -0.39 is 5.60 Å². The van der Waals surface area contributed by atoms with E-state index in [9.17, 15) is 5.11 Å². The van der Waals surface area contributed by atoms with Crippen LogP contribution in [-0.4, -0.2) is 53.2 Å². The average molecular weight is 407 g/mol. The summed E-state index contributed by atoms with van der Waals surface area (Å²) in [5.41, 5.74) is 3.73. The predicted molar refractivity (Wildman–Crippen MR) is 125 cm³/mol.